The first-order chi connectivity index (χ1) is 9.76. The van der Waals surface area contributed by atoms with Gasteiger partial charge in [0.2, 0.25) is 0 Å². The molecule has 0 aromatic heterocycles. The molecule has 0 spiro atoms. The van der Waals surface area contributed by atoms with Crippen LogP contribution in [0.1, 0.15) is 27.7 Å². The summed E-state index contributed by atoms with van der Waals surface area (Å²) < 4.78 is 17.4. The van der Waals surface area contributed by atoms with Gasteiger partial charge in [0, 0.05) is 25.2 Å². The van der Waals surface area contributed by atoms with E-state index >= 15 is 0 Å². The molecule has 2 N–H and O–H groups in total. The van der Waals surface area contributed by atoms with Gasteiger partial charge in [-0.15, -0.1) is 0 Å². The fraction of sp³-hybridized carbons (Fsp3) is 0.625. The molecule has 0 atom stereocenters. The second-order valence-corrected chi connectivity index (χ2v) is 7.03. The van der Waals surface area contributed by atoms with E-state index in [9.17, 15) is 0 Å². The number of fused-ring (bicyclic) bond motifs is 1. The number of ether oxygens (including phenoxy) is 3. The van der Waals surface area contributed by atoms with E-state index in [4.69, 9.17) is 19.9 Å². The van der Waals surface area contributed by atoms with Crippen LogP contribution < -0.4 is 20.1 Å². The minimum atomic E-state index is -0.221. The van der Waals surface area contributed by atoms with Crippen molar-refractivity contribution in [3.8, 4) is 11.5 Å². The SMILES string of the molecule is CC1(C)CN(c2cc3c(cc2N)OCCO3)CC(C)(C)O1. The van der Waals surface area contributed by atoms with Crippen LogP contribution in [0.25, 0.3) is 0 Å². The Morgan fingerprint density at radius 2 is 1.48 bits per heavy atom. The van der Waals surface area contributed by atoms with Gasteiger partial charge in [-0.25, -0.2) is 0 Å². The zero-order valence-electron chi connectivity index (χ0n) is 13.2. The lowest BCUT2D eigenvalue weighted by Crippen LogP contribution is -2.57. The molecule has 0 radical (unpaired) electrons. The van der Waals surface area contributed by atoms with E-state index in [1.807, 2.05) is 12.1 Å². The van der Waals surface area contributed by atoms with Gasteiger partial charge in [0.1, 0.15) is 13.2 Å². The van der Waals surface area contributed by atoms with E-state index in [-0.39, 0.29) is 11.2 Å². The van der Waals surface area contributed by atoms with Gasteiger partial charge in [-0.1, -0.05) is 0 Å². The third kappa shape index (κ3) is 2.88. The second kappa shape index (κ2) is 4.70. The number of hydrogen-bond acceptors (Lipinski definition) is 5. The molecule has 0 amide bonds. The van der Waals surface area contributed by atoms with Crippen molar-refractivity contribution < 1.29 is 14.2 Å². The number of anilines is 2. The Bertz CT molecular complexity index is 539. The summed E-state index contributed by atoms with van der Waals surface area (Å²) in [6, 6.07) is 3.85. The lowest BCUT2D eigenvalue weighted by molar-refractivity contribution is -0.133. The lowest BCUT2D eigenvalue weighted by Gasteiger charge is -2.48. The van der Waals surface area contributed by atoms with Gasteiger partial charge in [0.15, 0.2) is 11.5 Å². The lowest BCUT2D eigenvalue weighted by atomic mass is 9.98. The summed E-state index contributed by atoms with van der Waals surface area (Å²) in [6.07, 6.45) is 0. The third-order valence-electron chi connectivity index (χ3n) is 3.73. The summed E-state index contributed by atoms with van der Waals surface area (Å²) in [5.74, 6) is 1.50. The van der Waals surface area contributed by atoms with Crippen LogP contribution >= 0.6 is 0 Å². The van der Waals surface area contributed by atoms with Crippen molar-refractivity contribution >= 4 is 11.4 Å². The molecule has 1 fully saturated rings. The summed E-state index contributed by atoms with van der Waals surface area (Å²) in [4.78, 5) is 2.27. The van der Waals surface area contributed by atoms with Crippen LogP contribution in [0.3, 0.4) is 0 Å². The average Bonchev–Trinajstić information content (AvgIpc) is 2.34. The minimum Gasteiger partial charge on any atom is -0.486 e. The highest BCUT2D eigenvalue weighted by Crippen LogP contribution is 2.41. The molecule has 0 bridgehead atoms. The summed E-state index contributed by atoms with van der Waals surface area (Å²) in [5, 5.41) is 0. The van der Waals surface area contributed by atoms with Crippen molar-refractivity contribution in [1.82, 2.24) is 0 Å². The molecule has 5 nitrogen and oxygen atoms in total. The number of benzene rings is 1. The maximum Gasteiger partial charge on any atom is 0.163 e. The Labute approximate surface area is 126 Å². The quantitative estimate of drug-likeness (QED) is 0.806. The Kier molecular flexibility index (Phi) is 3.20. The first kappa shape index (κ1) is 14.3. The molecule has 2 aliphatic heterocycles. The molecule has 2 aliphatic rings. The van der Waals surface area contributed by atoms with E-state index in [0.717, 1.165) is 30.3 Å². The number of nitrogens with two attached hydrogens (primary N) is 1. The number of morpholine rings is 1. The van der Waals surface area contributed by atoms with E-state index in [2.05, 4.69) is 32.6 Å². The average molecular weight is 292 g/mol. The molecule has 0 aliphatic carbocycles. The monoisotopic (exact) mass is 292 g/mol. The van der Waals surface area contributed by atoms with Crippen molar-refractivity contribution in [2.45, 2.75) is 38.9 Å². The predicted molar refractivity (Wildman–Crippen MR) is 83.3 cm³/mol. The van der Waals surface area contributed by atoms with Gasteiger partial charge in [-0.3, -0.25) is 0 Å². The Morgan fingerprint density at radius 3 is 2.05 bits per heavy atom. The van der Waals surface area contributed by atoms with Crippen LogP contribution in [0.4, 0.5) is 11.4 Å². The molecular weight excluding hydrogens is 268 g/mol. The van der Waals surface area contributed by atoms with Crippen molar-refractivity contribution in [3.05, 3.63) is 12.1 Å². The van der Waals surface area contributed by atoms with Crippen LogP contribution in [-0.2, 0) is 4.74 Å². The number of nitrogens with zero attached hydrogens (tertiary/aromatic N) is 1. The maximum atomic E-state index is 6.23. The van der Waals surface area contributed by atoms with E-state index < -0.39 is 0 Å². The number of nitrogen functional groups attached to an aromatic ring is 1. The number of hydrogen-bond donors (Lipinski definition) is 1. The molecule has 5 heteroatoms. The zero-order valence-corrected chi connectivity index (χ0v) is 13.2. The van der Waals surface area contributed by atoms with Crippen LogP contribution in [0, 0.1) is 0 Å². The first-order valence-corrected chi connectivity index (χ1v) is 7.40. The van der Waals surface area contributed by atoms with Crippen LogP contribution in [-0.4, -0.2) is 37.5 Å². The summed E-state index contributed by atoms with van der Waals surface area (Å²) in [6.45, 7) is 11.2. The Balaban J connectivity index is 1.96. The second-order valence-electron chi connectivity index (χ2n) is 7.03. The smallest absolute Gasteiger partial charge is 0.163 e. The van der Waals surface area contributed by atoms with Gasteiger partial charge in [-0.2, -0.15) is 0 Å². The third-order valence-corrected chi connectivity index (χ3v) is 3.73. The van der Waals surface area contributed by atoms with E-state index in [0.29, 0.717) is 18.9 Å². The fourth-order valence-electron chi connectivity index (χ4n) is 3.33. The van der Waals surface area contributed by atoms with Crippen LogP contribution in [0.2, 0.25) is 0 Å². The maximum absolute atomic E-state index is 6.23. The topological polar surface area (TPSA) is 57.0 Å². The van der Waals surface area contributed by atoms with Crippen LogP contribution in [0.15, 0.2) is 12.1 Å². The van der Waals surface area contributed by atoms with Gasteiger partial charge < -0.3 is 24.8 Å². The van der Waals surface area contributed by atoms with Gasteiger partial charge in [0.25, 0.3) is 0 Å². The first-order valence-electron chi connectivity index (χ1n) is 7.40. The van der Waals surface area contributed by atoms with Crippen molar-refractivity contribution in [1.29, 1.82) is 0 Å². The zero-order chi connectivity index (χ0) is 15.3. The minimum absolute atomic E-state index is 0.221. The van der Waals surface area contributed by atoms with Gasteiger partial charge in [0.05, 0.1) is 22.6 Å². The summed E-state index contributed by atoms with van der Waals surface area (Å²) in [5.41, 5.74) is 7.50. The van der Waals surface area contributed by atoms with E-state index in [1.54, 1.807) is 0 Å². The molecule has 21 heavy (non-hydrogen) atoms. The highest BCUT2D eigenvalue weighted by molar-refractivity contribution is 5.73. The van der Waals surface area contributed by atoms with E-state index in [1.165, 1.54) is 0 Å². The highest BCUT2D eigenvalue weighted by Gasteiger charge is 2.39. The van der Waals surface area contributed by atoms with Crippen molar-refractivity contribution in [3.63, 3.8) is 0 Å². The van der Waals surface area contributed by atoms with Crippen molar-refractivity contribution in [2.24, 2.45) is 0 Å². The standard InChI is InChI=1S/C16H24N2O3/c1-15(2)9-18(10-16(3,4)21-15)12-8-14-13(7-11(12)17)19-5-6-20-14/h7-8H,5-6,9-10,17H2,1-4H3. The van der Waals surface area contributed by atoms with Gasteiger partial charge >= 0.3 is 0 Å². The normalized spacial score (nSPS) is 23.0. The molecule has 2 heterocycles. The molecular formula is C16H24N2O3. The summed E-state index contributed by atoms with van der Waals surface area (Å²) >= 11 is 0. The molecule has 1 aromatic carbocycles. The molecule has 0 unspecified atom stereocenters. The van der Waals surface area contributed by atoms with Gasteiger partial charge in [-0.05, 0) is 27.7 Å². The molecule has 0 saturated carbocycles. The molecule has 3 rings (SSSR count). The number of rotatable bonds is 1. The Hall–Kier alpha value is -1.62. The van der Waals surface area contributed by atoms with Crippen molar-refractivity contribution in [2.75, 3.05) is 36.9 Å². The molecule has 1 saturated heterocycles. The fourth-order valence-corrected chi connectivity index (χ4v) is 3.33. The summed E-state index contributed by atoms with van der Waals surface area (Å²) in [7, 11) is 0. The molecule has 1 aromatic rings. The Morgan fingerprint density at radius 1 is 0.952 bits per heavy atom. The molecule has 116 valence electrons. The predicted octanol–water partition coefficient (Wildman–Crippen LogP) is 2.43. The highest BCUT2D eigenvalue weighted by atomic mass is 16.6. The van der Waals surface area contributed by atoms with Crippen LogP contribution in [0.5, 0.6) is 11.5 Å². The largest absolute Gasteiger partial charge is 0.486 e.